The van der Waals surface area contributed by atoms with Gasteiger partial charge in [-0.15, -0.1) is 0 Å². The molecule has 0 bridgehead atoms. The molecular formula is C35H45F6N3O2. The van der Waals surface area contributed by atoms with Gasteiger partial charge >= 0.3 is 12.4 Å². The summed E-state index contributed by atoms with van der Waals surface area (Å²) in [5.41, 5.74) is -2.09. The minimum Gasteiger partial charge on any atom is -0.349 e. The van der Waals surface area contributed by atoms with Crippen molar-refractivity contribution in [1.82, 2.24) is 15.5 Å². The van der Waals surface area contributed by atoms with Gasteiger partial charge in [-0.05, 0) is 80.0 Å². The topological polar surface area (TPSA) is 61.4 Å². The Hall–Kier alpha value is -2.82. The van der Waals surface area contributed by atoms with Crippen LogP contribution in [0.25, 0.3) is 0 Å². The second kappa shape index (κ2) is 13.4. The first-order chi connectivity index (χ1) is 21.6. The van der Waals surface area contributed by atoms with Crippen molar-refractivity contribution in [3.8, 4) is 0 Å². The number of nitrogens with zero attached hydrogens (tertiary/aromatic N) is 1. The van der Waals surface area contributed by atoms with Gasteiger partial charge in [0.05, 0.1) is 11.0 Å². The average molecular weight is 654 g/mol. The van der Waals surface area contributed by atoms with Crippen LogP contribution in [0.4, 0.5) is 26.3 Å². The van der Waals surface area contributed by atoms with Crippen molar-refractivity contribution in [2.24, 2.45) is 34.5 Å². The van der Waals surface area contributed by atoms with E-state index in [4.69, 9.17) is 0 Å². The van der Waals surface area contributed by atoms with Crippen LogP contribution in [0.2, 0.25) is 0 Å². The number of rotatable bonds is 9. The summed E-state index contributed by atoms with van der Waals surface area (Å²) in [6.07, 6.45) is 5.50. The summed E-state index contributed by atoms with van der Waals surface area (Å²) >= 11 is 0. The maximum Gasteiger partial charge on any atom is 0.416 e. The molecule has 1 aliphatic heterocycles. The number of piperidine rings is 1. The van der Waals surface area contributed by atoms with Gasteiger partial charge < -0.3 is 15.5 Å². The number of fused-ring (bicyclic) bond motifs is 3. The number of hydrogen-bond donors (Lipinski definition) is 2. The predicted molar refractivity (Wildman–Crippen MR) is 164 cm³/mol. The maximum atomic E-state index is 14.0. The number of carbonyl (C=O) groups excluding carboxylic acids is 2. The Morgan fingerprint density at radius 2 is 1.74 bits per heavy atom. The highest BCUT2D eigenvalue weighted by Gasteiger charge is 2.68. The van der Waals surface area contributed by atoms with E-state index in [1.807, 2.05) is 12.2 Å². The Morgan fingerprint density at radius 1 is 1.00 bits per heavy atom. The van der Waals surface area contributed by atoms with Gasteiger partial charge in [-0.1, -0.05) is 63.5 Å². The summed E-state index contributed by atoms with van der Waals surface area (Å²) in [5.74, 6) is -0.726. The standard InChI is InChI=1S/C35H45F6N3O2/c1-23-9-7-12-27-29(23)33(31(46)42-22-34(36,37)38,28-13-3-4-16-32(27,28)2)17-5-6-18-44-19-14-26(15-20-44)43-30(45)24-10-8-11-25(21-24)35(39,40)41/h3-4,8,10-11,13,16,21,23,26-29H,5-7,9,12,14-15,17-20,22H2,1-2H3,(H,42,46)(H,43,45). The third kappa shape index (κ3) is 7.04. The zero-order chi connectivity index (χ0) is 33.3. The van der Waals surface area contributed by atoms with Gasteiger partial charge in [-0.2, -0.15) is 26.3 Å². The molecule has 11 heteroatoms. The molecule has 6 unspecified atom stereocenters. The molecule has 6 atom stereocenters. The Kier molecular flexibility index (Phi) is 10.0. The third-order valence-corrected chi connectivity index (χ3v) is 11.3. The normalized spacial score (nSPS) is 31.7. The van der Waals surface area contributed by atoms with E-state index in [0.29, 0.717) is 38.8 Å². The van der Waals surface area contributed by atoms with Gasteiger partial charge in [-0.3, -0.25) is 9.59 Å². The number of alkyl halides is 6. The molecule has 5 nitrogen and oxygen atoms in total. The average Bonchev–Trinajstić information content (AvgIpc) is 3.24. The summed E-state index contributed by atoms with van der Waals surface area (Å²) in [4.78, 5) is 29.0. The molecule has 1 saturated heterocycles. The fraction of sp³-hybridized carbons (Fsp3) is 0.657. The van der Waals surface area contributed by atoms with E-state index < -0.39 is 41.7 Å². The van der Waals surface area contributed by atoms with Crippen LogP contribution >= 0.6 is 0 Å². The Labute approximate surface area is 267 Å². The molecule has 2 saturated carbocycles. The molecule has 0 spiro atoms. The summed E-state index contributed by atoms with van der Waals surface area (Å²) in [6.45, 7) is 5.19. The van der Waals surface area contributed by atoms with Crippen LogP contribution in [-0.4, -0.2) is 55.1 Å². The van der Waals surface area contributed by atoms with E-state index in [1.54, 1.807) is 0 Å². The largest absolute Gasteiger partial charge is 0.416 e. The lowest BCUT2D eigenvalue weighted by molar-refractivity contribution is -0.150. The van der Waals surface area contributed by atoms with E-state index in [0.717, 1.165) is 44.4 Å². The van der Waals surface area contributed by atoms with Crippen LogP contribution in [0.1, 0.15) is 81.1 Å². The molecular weight excluding hydrogens is 608 g/mol. The molecule has 254 valence electrons. The van der Waals surface area contributed by atoms with E-state index in [1.165, 1.54) is 12.1 Å². The first kappa shape index (κ1) is 34.5. The lowest BCUT2D eigenvalue weighted by Gasteiger charge is -2.44. The van der Waals surface area contributed by atoms with Gasteiger partial charge in [0.2, 0.25) is 5.91 Å². The fourth-order valence-corrected chi connectivity index (χ4v) is 9.25. The van der Waals surface area contributed by atoms with Crippen molar-refractivity contribution in [1.29, 1.82) is 0 Å². The predicted octanol–water partition coefficient (Wildman–Crippen LogP) is 7.55. The number of carbonyl (C=O) groups is 2. The molecule has 0 radical (unpaired) electrons. The Balaban J connectivity index is 1.20. The number of allylic oxidation sites excluding steroid dienone is 4. The van der Waals surface area contributed by atoms with Crippen LogP contribution in [-0.2, 0) is 11.0 Å². The van der Waals surface area contributed by atoms with Crippen molar-refractivity contribution in [2.45, 2.75) is 83.6 Å². The number of amides is 2. The molecule has 3 fully saturated rings. The van der Waals surface area contributed by atoms with E-state index in [-0.39, 0.29) is 40.7 Å². The van der Waals surface area contributed by atoms with Crippen LogP contribution in [0, 0.1) is 34.5 Å². The summed E-state index contributed by atoms with van der Waals surface area (Å²) in [6, 6.07) is 4.26. The highest BCUT2D eigenvalue weighted by Crippen LogP contribution is 2.69. The monoisotopic (exact) mass is 653 g/mol. The number of halogens is 6. The SMILES string of the molecule is CC1CCCC2C1C(CCCCN1CCC(NC(=O)c3cccc(C(F)(F)F)c3)CC1)(C(=O)NCC(F)(F)F)C1C=CC=CC21C. The Morgan fingerprint density at radius 3 is 2.43 bits per heavy atom. The molecule has 3 aliphatic carbocycles. The van der Waals surface area contributed by atoms with Crippen LogP contribution in [0.15, 0.2) is 48.6 Å². The van der Waals surface area contributed by atoms with Crippen molar-refractivity contribution in [3.05, 3.63) is 59.7 Å². The fourth-order valence-electron chi connectivity index (χ4n) is 9.25. The summed E-state index contributed by atoms with van der Waals surface area (Å²) < 4.78 is 79.1. The van der Waals surface area contributed by atoms with Crippen LogP contribution < -0.4 is 10.6 Å². The van der Waals surface area contributed by atoms with Crippen LogP contribution in [0.3, 0.4) is 0 Å². The number of benzene rings is 1. The molecule has 46 heavy (non-hydrogen) atoms. The molecule has 1 aromatic rings. The van der Waals surface area contributed by atoms with E-state index in [9.17, 15) is 35.9 Å². The number of likely N-dealkylation sites (tertiary alicyclic amines) is 1. The number of unbranched alkanes of at least 4 members (excludes halogenated alkanes) is 1. The minimum atomic E-state index is -4.52. The quantitative estimate of drug-likeness (QED) is 0.214. The highest BCUT2D eigenvalue weighted by atomic mass is 19.4. The zero-order valence-electron chi connectivity index (χ0n) is 26.5. The smallest absolute Gasteiger partial charge is 0.349 e. The molecule has 5 rings (SSSR count). The van der Waals surface area contributed by atoms with E-state index in [2.05, 4.69) is 41.5 Å². The summed E-state index contributed by atoms with van der Waals surface area (Å²) in [7, 11) is 0. The molecule has 1 heterocycles. The molecule has 4 aliphatic rings. The second-order valence-corrected chi connectivity index (χ2v) is 14.1. The molecule has 2 amide bonds. The highest BCUT2D eigenvalue weighted by molar-refractivity contribution is 5.94. The lowest BCUT2D eigenvalue weighted by atomic mass is 9.60. The van der Waals surface area contributed by atoms with Crippen molar-refractivity contribution < 1.29 is 35.9 Å². The maximum absolute atomic E-state index is 14.0. The lowest BCUT2D eigenvalue weighted by Crippen LogP contribution is -2.52. The first-order valence-corrected chi connectivity index (χ1v) is 16.6. The van der Waals surface area contributed by atoms with Gasteiger partial charge in [0.15, 0.2) is 0 Å². The number of nitrogens with one attached hydrogen (secondary N) is 2. The molecule has 1 aromatic carbocycles. The first-order valence-electron chi connectivity index (χ1n) is 16.6. The summed E-state index contributed by atoms with van der Waals surface area (Å²) in [5, 5.41) is 5.19. The zero-order valence-corrected chi connectivity index (χ0v) is 26.5. The molecule has 0 aromatic heterocycles. The van der Waals surface area contributed by atoms with Gasteiger partial charge in [0.1, 0.15) is 6.54 Å². The molecule has 2 N–H and O–H groups in total. The van der Waals surface area contributed by atoms with Crippen molar-refractivity contribution in [2.75, 3.05) is 26.2 Å². The van der Waals surface area contributed by atoms with E-state index >= 15 is 0 Å². The van der Waals surface area contributed by atoms with Crippen molar-refractivity contribution >= 4 is 11.8 Å². The number of hydrogen-bond acceptors (Lipinski definition) is 3. The van der Waals surface area contributed by atoms with Gasteiger partial charge in [0.25, 0.3) is 5.91 Å². The second-order valence-electron chi connectivity index (χ2n) is 14.1. The third-order valence-electron chi connectivity index (χ3n) is 11.3. The van der Waals surface area contributed by atoms with Crippen LogP contribution in [0.5, 0.6) is 0 Å². The van der Waals surface area contributed by atoms with Gasteiger partial charge in [0, 0.05) is 30.6 Å². The minimum absolute atomic E-state index is 0.00642. The van der Waals surface area contributed by atoms with Gasteiger partial charge in [-0.25, -0.2) is 0 Å². The van der Waals surface area contributed by atoms with Crippen molar-refractivity contribution in [3.63, 3.8) is 0 Å². The Bertz CT molecular complexity index is 1320.